The standard InChI is InChI=1S/C23H15ClN8O10S2.Co.Na/c24-21-27-22(25)29-23(28-21)26-10-1-3-12-9(5-10)6-17(44(40,41)42)19(20(12)34)31-30-18-13-4-2-11(32(35)36)7-14(13)16(8-15(18)33)43(37,38)39;;/h1-8,33-34H,(H,37,38,39)(H,40,41,42)(H3,25,26,27,28,29);;/q;;+1. The average Bonchev–Trinajstić information content (AvgIpc) is 2.91. The van der Waals surface area contributed by atoms with E-state index < -0.39 is 68.9 Å². The summed E-state index contributed by atoms with van der Waals surface area (Å²) in [5, 5.41) is 42.3. The van der Waals surface area contributed by atoms with Crippen LogP contribution in [0.25, 0.3) is 21.5 Å². The SMILES string of the molecule is Nc1nc(Cl)nc(Nc2ccc3c(O)c(N=Nc4c(O)cc(S(=O)(=O)O)c5cc([N+](=O)[O-])ccc45)c(S(=O)(=O)O)cc3c2)n1.[Co].[Na+]. The van der Waals surface area contributed by atoms with Gasteiger partial charge in [0, 0.05) is 56.8 Å². The maximum Gasteiger partial charge on any atom is 1.00 e. The van der Waals surface area contributed by atoms with Gasteiger partial charge in [-0.3, -0.25) is 19.2 Å². The van der Waals surface area contributed by atoms with E-state index in [1.807, 2.05) is 0 Å². The van der Waals surface area contributed by atoms with Gasteiger partial charge >= 0.3 is 29.6 Å². The molecule has 46 heavy (non-hydrogen) atoms. The number of non-ortho nitro benzene ring substituents is 1. The van der Waals surface area contributed by atoms with Crippen molar-refractivity contribution in [3.05, 3.63) is 63.9 Å². The first-order chi connectivity index (χ1) is 20.5. The van der Waals surface area contributed by atoms with Gasteiger partial charge in [-0.05, 0) is 47.3 Å². The summed E-state index contributed by atoms with van der Waals surface area (Å²) >= 11 is 5.77. The zero-order valence-electron chi connectivity index (χ0n) is 22.6. The molecule has 0 fully saturated rings. The number of halogens is 1. The third-order valence-electron chi connectivity index (χ3n) is 5.98. The van der Waals surface area contributed by atoms with Crippen molar-refractivity contribution in [2.45, 2.75) is 9.79 Å². The molecule has 18 nitrogen and oxygen atoms in total. The molecule has 235 valence electrons. The van der Waals surface area contributed by atoms with Gasteiger partial charge in [0.2, 0.25) is 17.2 Å². The molecule has 5 aromatic rings. The number of aromatic nitrogens is 3. The summed E-state index contributed by atoms with van der Waals surface area (Å²) in [6, 6.07) is 8.43. The topological polar surface area (TPSA) is 294 Å². The molecule has 0 bridgehead atoms. The fraction of sp³-hybridized carbons (Fsp3) is 0. The largest absolute Gasteiger partial charge is 1.00 e. The number of anilines is 3. The molecule has 7 N–H and O–H groups in total. The normalized spacial score (nSPS) is 11.7. The second kappa shape index (κ2) is 13.5. The molecule has 0 aliphatic rings. The summed E-state index contributed by atoms with van der Waals surface area (Å²) in [5.74, 6) is -1.89. The van der Waals surface area contributed by atoms with Gasteiger partial charge in [-0.25, -0.2) is 0 Å². The molecule has 0 amide bonds. The number of rotatable bonds is 7. The van der Waals surface area contributed by atoms with Crippen molar-refractivity contribution in [1.29, 1.82) is 0 Å². The maximum atomic E-state index is 12.3. The first-order valence-corrected chi connectivity index (χ1v) is 14.8. The molecule has 1 heterocycles. The fourth-order valence-electron chi connectivity index (χ4n) is 4.16. The van der Waals surface area contributed by atoms with Crippen LogP contribution in [0.2, 0.25) is 5.28 Å². The summed E-state index contributed by atoms with van der Waals surface area (Å²) in [5.41, 5.74) is 3.98. The Hall–Kier alpha value is -3.77. The van der Waals surface area contributed by atoms with E-state index >= 15 is 0 Å². The zero-order chi connectivity index (χ0) is 32.1. The van der Waals surface area contributed by atoms with Gasteiger partial charge < -0.3 is 21.3 Å². The van der Waals surface area contributed by atoms with Crippen molar-refractivity contribution in [3.63, 3.8) is 0 Å². The van der Waals surface area contributed by atoms with Crippen LogP contribution >= 0.6 is 11.6 Å². The van der Waals surface area contributed by atoms with E-state index in [-0.39, 0.29) is 85.4 Å². The van der Waals surface area contributed by atoms with Gasteiger partial charge in [0.1, 0.15) is 26.9 Å². The molecular weight excluding hydrogens is 730 g/mol. The number of phenols is 2. The Labute approximate surface area is 294 Å². The van der Waals surface area contributed by atoms with Crippen molar-refractivity contribution in [3.8, 4) is 11.5 Å². The predicted molar refractivity (Wildman–Crippen MR) is 154 cm³/mol. The van der Waals surface area contributed by atoms with Crippen LogP contribution in [0.4, 0.5) is 34.6 Å². The van der Waals surface area contributed by atoms with Crippen molar-refractivity contribution >= 4 is 88.0 Å². The van der Waals surface area contributed by atoms with Gasteiger partial charge in [0.15, 0.2) is 5.75 Å². The number of azo groups is 1. The van der Waals surface area contributed by atoms with Gasteiger partial charge in [0.25, 0.3) is 25.9 Å². The number of nitrogens with zero attached hydrogens (tertiary/aromatic N) is 6. The monoisotopic (exact) mass is 744 g/mol. The Morgan fingerprint density at radius 3 is 2.09 bits per heavy atom. The van der Waals surface area contributed by atoms with Crippen LogP contribution in [0.5, 0.6) is 11.5 Å². The van der Waals surface area contributed by atoms with Gasteiger partial charge in [-0.15, -0.1) is 10.2 Å². The average molecular weight is 745 g/mol. The number of benzene rings is 4. The number of nitrogen functional groups attached to an aromatic ring is 1. The molecule has 4 aromatic carbocycles. The van der Waals surface area contributed by atoms with Crippen LogP contribution < -0.4 is 40.6 Å². The first-order valence-electron chi connectivity index (χ1n) is 11.6. The third-order valence-corrected chi connectivity index (χ3v) is 7.91. The second-order valence-corrected chi connectivity index (χ2v) is 11.9. The third kappa shape index (κ3) is 7.44. The summed E-state index contributed by atoms with van der Waals surface area (Å²) in [6.07, 6.45) is 0. The van der Waals surface area contributed by atoms with Gasteiger partial charge in [-0.2, -0.15) is 31.8 Å². The number of fused-ring (bicyclic) bond motifs is 2. The van der Waals surface area contributed by atoms with E-state index in [0.717, 1.165) is 24.3 Å². The quantitative estimate of drug-likeness (QED) is 0.0451. The maximum absolute atomic E-state index is 12.3. The number of phenolic OH excluding ortho intramolecular Hbond substituents is 2. The Kier molecular flexibility index (Phi) is 10.8. The minimum atomic E-state index is -5.08. The zero-order valence-corrected chi connectivity index (χ0v) is 28.1. The molecule has 1 radical (unpaired) electrons. The van der Waals surface area contributed by atoms with Gasteiger partial charge in [-0.1, -0.05) is 0 Å². The number of nitrogens with two attached hydrogens (primary N) is 1. The minimum Gasteiger partial charge on any atom is -0.506 e. The predicted octanol–water partition coefficient (Wildman–Crippen LogP) is 1.39. The number of nitro benzene ring substituents is 1. The fourth-order valence-corrected chi connectivity index (χ4v) is 5.69. The molecule has 0 aliphatic carbocycles. The number of aromatic hydroxyl groups is 2. The van der Waals surface area contributed by atoms with Crippen LogP contribution in [0.15, 0.2) is 68.6 Å². The summed E-state index contributed by atoms with van der Waals surface area (Å²) in [6.45, 7) is 0. The Morgan fingerprint density at radius 1 is 0.848 bits per heavy atom. The van der Waals surface area contributed by atoms with Crippen molar-refractivity contribution in [2.75, 3.05) is 11.1 Å². The molecule has 0 saturated heterocycles. The minimum absolute atomic E-state index is 0. The van der Waals surface area contributed by atoms with Gasteiger partial charge in [0.05, 0.1) is 4.92 Å². The second-order valence-electron chi connectivity index (χ2n) is 8.80. The molecule has 0 saturated carbocycles. The Balaban J connectivity index is 0.00000288. The summed E-state index contributed by atoms with van der Waals surface area (Å²) in [7, 11) is -10.1. The molecule has 1 aromatic heterocycles. The Bertz CT molecular complexity index is 2290. The van der Waals surface area contributed by atoms with Crippen molar-refractivity contribution in [2.24, 2.45) is 10.2 Å². The number of hydrogen-bond acceptors (Lipinski definition) is 15. The van der Waals surface area contributed by atoms with Crippen molar-refractivity contribution in [1.82, 2.24) is 15.0 Å². The van der Waals surface area contributed by atoms with E-state index in [9.17, 15) is 46.3 Å². The first kappa shape index (κ1) is 36.7. The number of hydrogen-bond donors (Lipinski definition) is 6. The summed E-state index contributed by atoms with van der Waals surface area (Å²) in [4.78, 5) is 20.0. The molecule has 0 spiro atoms. The molecule has 0 unspecified atom stereocenters. The van der Waals surface area contributed by atoms with Crippen LogP contribution in [0, 0.1) is 10.1 Å². The smallest absolute Gasteiger partial charge is 0.506 e. The van der Waals surface area contributed by atoms with E-state index in [0.29, 0.717) is 6.07 Å². The molecule has 0 atom stereocenters. The van der Waals surface area contributed by atoms with Crippen LogP contribution in [0.1, 0.15) is 0 Å². The number of nitro groups is 1. The van der Waals surface area contributed by atoms with E-state index in [1.54, 1.807) is 0 Å². The van der Waals surface area contributed by atoms with Crippen molar-refractivity contribution < 1.29 is 87.4 Å². The Morgan fingerprint density at radius 2 is 1.48 bits per heavy atom. The van der Waals surface area contributed by atoms with E-state index in [4.69, 9.17) is 17.3 Å². The number of nitrogens with one attached hydrogen (secondary N) is 1. The van der Waals surface area contributed by atoms with E-state index in [1.165, 1.54) is 18.2 Å². The van der Waals surface area contributed by atoms with E-state index in [2.05, 4.69) is 30.5 Å². The molecular formula is C23H15ClCoN8NaO10S2+. The van der Waals surface area contributed by atoms with Crippen LogP contribution in [-0.4, -0.2) is 56.0 Å². The van der Waals surface area contributed by atoms with Crippen LogP contribution in [-0.2, 0) is 37.0 Å². The molecule has 5 rings (SSSR count). The molecule has 0 aliphatic heterocycles. The molecule has 23 heteroatoms. The summed E-state index contributed by atoms with van der Waals surface area (Å²) < 4.78 is 68.0. The van der Waals surface area contributed by atoms with Crippen LogP contribution in [0.3, 0.4) is 0 Å².